The van der Waals surface area contributed by atoms with Crippen LogP contribution in [0.15, 0.2) is 39.1 Å². The number of hydrogen-bond donors (Lipinski definition) is 0. The van der Waals surface area contributed by atoms with E-state index in [9.17, 15) is 4.79 Å². The van der Waals surface area contributed by atoms with Crippen molar-refractivity contribution < 1.29 is 4.20 Å². The first kappa shape index (κ1) is 7.78. The first-order valence-electron chi connectivity index (χ1n) is 3.38. The summed E-state index contributed by atoms with van der Waals surface area (Å²) < 4.78 is 4.85. The van der Waals surface area contributed by atoms with Gasteiger partial charge in [-0.15, -0.1) is 0 Å². The lowest BCUT2D eigenvalue weighted by atomic mass is 10.2. The van der Waals surface area contributed by atoms with E-state index in [4.69, 9.17) is 15.4 Å². The van der Waals surface area contributed by atoms with Gasteiger partial charge in [0.1, 0.15) is 0 Å². The number of rotatable bonds is 0. The highest BCUT2D eigenvalue weighted by Crippen LogP contribution is 2.31. The third kappa shape index (κ3) is 1.24. The molecule has 0 radical (unpaired) electrons. The van der Waals surface area contributed by atoms with Gasteiger partial charge in [-0.05, 0) is 6.07 Å². The molecule has 4 heteroatoms. The molecule has 60 valence electrons. The van der Waals surface area contributed by atoms with Crippen molar-refractivity contribution in [2.45, 2.75) is 0 Å². The Morgan fingerprint density at radius 2 is 2.08 bits per heavy atom. The molecule has 0 saturated heterocycles. The maximum atomic E-state index is 11.2. The van der Waals surface area contributed by atoms with Gasteiger partial charge in [-0.2, -0.15) is 0 Å². The van der Waals surface area contributed by atoms with Crippen LogP contribution in [0.25, 0.3) is 10.8 Å². The standard InChI is InChI=1S/C8H5ClO2P/c9-12-5-6-3-1-2-4-7(6)8(10)11-12/h1-5H/q+1. The van der Waals surface area contributed by atoms with Crippen LogP contribution in [0.4, 0.5) is 0 Å². The molecule has 0 N–H and O–H groups in total. The number of hydrogen-bond acceptors (Lipinski definition) is 2. The van der Waals surface area contributed by atoms with E-state index in [-0.39, 0.29) is 5.63 Å². The quantitative estimate of drug-likeness (QED) is 0.653. The zero-order chi connectivity index (χ0) is 8.55. The van der Waals surface area contributed by atoms with Gasteiger partial charge in [-0.3, -0.25) is 0 Å². The highest BCUT2D eigenvalue weighted by atomic mass is 35.7. The van der Waals surface area contributed by atoms with Gasteiger partial charge in [0.2, 0.25) is 11.2 Å². The molecular formula is C8H5ClO2P+. The molecule has 2 rings (SSSR count). The Hall–Kier alpha value is -0.850. The second-order valence-electron chi connectivity index (χ2n) is 2.37. The smallest absolute Gasteiger partial charge is 0.241 e. The molecule has 0 amide bonds. The van der Waals surface area contributed by atoms with Crippen molar-refractivity contribution in [3.63, 3.8) is 0 Å². The molecule has 0 saturated carbocycles. The lowest BCUT2D eigenvalue weighted by Gasteiger charge is -1.87. The number of fused-ring (bicyclic) bond motifs is 1. The Kier molecular flexibility index (Phi) is 1.87. The van der Waals surface area contributed by atoms with Crippen LogP contribution in [-0.4, -0.2) is 0 Å². The molecule has 0 aliphatic rings. The molecule has 0 aliphatic heterocycles. The maximum Gasteiger partial charge on any atom is 0.429 e. The van der Waals surface area contributed by atoms with Crippen molar-refractivity contribution in [3.05, 3.63) is 40.5 Å². The van der Waals surface area contributed by atoms with Crippen molar-refractivity contribution in [3.8, 4) is 0 Å². The monoisotopic (exact) mass is 199 g/mol. The Morgan fingerprint density at radius 1 is 1.33 bits per heavy atom. The van der Waals surface area contributed by atoms with Crippen molar-refractivity contribution in [1.29, 1.82) is 0 Å². The van der Waals surface area contributed by atoms with Gasteiger partial charge in [0.25, 0.3) is 0 Å². The fraction of sp³-hybridized carbons (Fsp3) is 0. The molecule has 12 heavy (non-hydrogen) atoms. The first-order chi connectivity index (χ1) is 5.77. The van der Waals surface area contributed by atoms with E-state index in [0.717, 1.165) is 5.39 Å². The normalized spacial score (nSPS) is 11.9. The summed E-state index contributed by atoms with van der Waals surface area (Å²) in [5.74, 6) is 1.77. The topological polar surface area (TPSA) is 30.2 Å². The van der Waals surface area contributed by atoms with Crippen LogP contribution in [-0.2, 0) is 0 Å². The van der Waals surface area contributed by atoms with Crippen molar-refractivity contribution in [1.82, 2.24) is 0 Å². The molecular weight excluding hydrogens is 195 g/mol. The van der Waals surface area contributed by atoms with E-state index in [2.05, 4.69) is 0 Å². The summed E-state index contributed by atoms with van der Waals surface area (Å²) in [4.78, 5) is 11.2. The minimum atomic E-state index is -1.22. The molecule has 1 aromatic heterocycles. The van der Waals surface area contributed by atoms with E-state index >= 15 is 0 Å². The fourth-order valence-electron chi connectivity index (χ4n) is 1.06. The van der Waals surface area contributed by atoms with E-state index < -0.39 is 7.13 Å². The first-order valence-corrected chi connectivity index (χ1v) is 5.62. The minimum Gasteiger partial charge on any atom is -0.241 e. The third-order valence-corrected chi connectivity index (χ3v) is 2.91. The molecule has 1 aromatic carbocycles. The molecule has 0 spiro atoms. The van der Waals surface area contributed by atoms with Crippen molar-refractivity contribution in [2.24, 2.45) is 0 Å². The zero-order valence-electron chi connectivity index (χ0n) is 6.03. The van der Waals surface area contributed by atoms with Gasteiger partial charge < -0.3 is 0 Å². The summed E-state index contributed by atoms with van der Waals surface area (Å²) in [6.07, 6.45) is 0. The summed E-state index contributed by atoms with van der Waals surface area (Å²) in [6, 6.07) is 7.25. The molecule has 2 aromatic rings. The molecule has 1 heterocycles. The van der Waals surface area contributed by atoms with Crippen molar-refractivity contribution >= 4 is 29.1 Å². The van der Waals surface area contributed by atoms with E-state index in [1.54, 1.807) is 17.9 Å². The van der Waals surface area contributed by atoms with Gasteiger partial charge in [0.15, 0.2) is 5.80 Å². The second-order valence-corrected chi connectivity index (χ2v) is 4.35. The minimum absolute atomic E-state index is 0.325. The van der Waals surface area contributed by atoms with E-state index in [1.807, 2.05) is 12.1 Å². The lowest BCUT2D eigenvalue weighted by Crippen LogP contribution is -1.95. The molecule has 0 fully saturated rings. The zero-order valence-corrected chi connectivity index (χ0v) is 7.68. The highest BCUT2D eigenvalue weighted by molar-refractivity contribution is 7.72. The lowest BCUT2D eigenvalue weighted by molar-refractivity contribution is 0.644. The Bertz CT molecular complexity index is 478. The predicted octanol–water partition coefficient (Wildman–Crippen LogP) is 3.06. The van der Waals surface area contributed by atoms with Crippen LogP contribution in [0, 0.1) is 0 Å². The largest absolute Gasteiger partial charge is 0.429 e. The average molecular weight is 200 g/mol. The van der Waals surface area contributed by atoms with Crippen LogP contribution >= 0.6 is 18.4 Å². The van der Waals surface area contributed by atoms with E-state index in [1.165, 1.54) is 0 Å². The summed E-state index contributed by atoms with van der Waals surface area (Å²) in [6.45, 7) is 0. The third-order valence-electron chi connectivity index (χ3n) is 1.59. The summed E-state index contributed by atoms with van der Waals surface area (Å²) >= 11 is 5.71. The molecule has 2 nitrogen and oxygen atoms in total. The van der Waals surface area contributed by atoms with Gasteiger partial charge >= 0.3 is 12.8 Å². The van der Waals surface area contributed by atoms with Gasteiger partial charge in [-0.25, -0.2) is 8.99 Å². The Labute approximate surface area is 74.3 Å². The highest BCUT2D eigenvalue weighted by Gasteiger charge is 2.09. The van der Waals surface area contributed by atoms with Crippen LogP contribution in [0.3, 0.4) is 0 Å². The predicted molar refractivity (Wildman–Crippen MR) is 50.9 cm³/mol. The van der Waals surface area contributed by atoms with Gasteiger partial charge in [-0.1, -0.05) is 18.2 Å². The van der Waals surface area contributed by atoms with Crippen LogP contribution < -0.4 is 5.63 Å². The number of benzene rings is 1. The molecule has 0 bridgehead atoms. The van der Waals surface area contributed by atoms with Gasteiger partial charge in [0.05, 0.1) is 5.39 Å². The Morgan fingerprint density at radius 3 is 2.92 bits per heavy atom. The second kappa shape index (κ2) is 2.89. The maximum absolute atomic E-state index is 11.2. The fourth-order valence-corrected chi connectivity index (χ4v) is 2.32. The van der Waals surface area contributed by atoms with Crippen LogP contribution in [0.1, 0.15) is 0 Å². The van der Waals surface area contributed by atoms with Crippen LogP contribution in [0.5, 0.6) is 0 Å². The average Bonchev–Trinajstić information content (AvgIpc) is 2.04. The summed E-state index contributed by atoms with van der Waals surface area (Å²) in [5, 5.41) is 1.46. The summed E-state index contributed by atoms with van der Waals surface area (Å²) in [5.41, 5.74) is -0.325. The molecule has 1 atom stereocenters. The van der Waals surface area contributed by atoms with Crippen molar-refractivity contribution in [2.75, 3.05) is 0 Å². The SMILES string of the molecule is O=c1o[p+](Cl)cc2ccccc12. The molecule has 1 unspecified atom stereocenters. The van der Waals surface area contributed by atoms with Crippen LogP contribution in [0.2, 0.25) is 0 Å². The van der Waals surface area contributed by atoms with Gasteiger partial charge in [0, 0.05) is 5.39 Å². The number of halogens is 1. The Balaban J connectivity index is 2.99. The summed E-state index contributed by atoms with van der Waals surface area (Å²) in [7, 11) is -1.22. The van der Waals surface area contributed by atoms with E-state index in [0.29, 0.717) is 5.39 Å². The molecule has 0 aliphatic carbocycles.